The molecule has 64 heavy (non-hydrogen) atoms. The minimum Gasteiger partial charge on any atom is -0.458 e. The maximum absolute atomic E-state index is 17.5. The van der Waals surface area contributed by atoms with Gasteiger partial charge in [0.05, 0.1) is 25.0 Å². The van der Waals surface area contributed by atoms with Crippen molar-refractivity contribution in [3.8, 4) is 0 Å². The fourth-order valence-corrected chi connectivity index (χ4v) is 15.1. The Morgan fingerprint density at radius 2 is 0.984 bits per heavy atom. The van der Waals surface area contributed by atoms with Crippen molar-refractivity contribution in [3.05, 3.63) is 47.6 Å². The monoisotopic (exact) mass is 938 g/mol. The number of aliphatic hydroxyl groups is 4. The zero-order valence-electron chi connectivity index (χ0n) is 37.2. The molecule has 16 atom stereocenters. The summed E-state index contributed by atoms with van der Waals surface area (Å²) in [4.78, 5) is 77.8. The molecule has 0 aromatic heterocycles. The van der Waals surface area contributed by atoms with E-state index in [-0.39, 0.29) is 62.1 Å². The van der Waals surface area contributed by atoms with Crippen LogP contribution in [0.25, 0.3) is 0 Å². The molecule has 8 aliphatic rings. The van der Waals surface area contributed by atoms with Crippen molar-refractivity contribution in [3.63, 3.8) is 0 Å². The smallest absolute Gasteiger partial charge is 0.306 e. The number of carbonyl (C=O) groups is 6. The molecule has 0 amide bonds. The number of alkyl halides is 2. The lowest BCUT2D eigenvalue weighted by atomic mass is 9.44. The first-order valence-electron chi connectivity index (χ1n) is 22.3. The zero-order valence-corrected chi connectivity index (χ0v) is 38.8. The van der Waals surface area contributed by atoms with Gasteiger partial charge in [0.1, 0.15) is 11.2 Å². The number of halogens is 4. The summed E-state index contributed by atoms with van der Waals surface area (Å²) in [5.41, 5.74) is -12.3. The van der Waals surface area contributed by atoms with Crippen molar-refractivity contribution in [1.29, 1.82) is 0 Å². The number of hydrogen-bond donors (Lipinski definition) is 4. The number of rotatable bonds is 9. The lowest BCUT2D eigenvalue weighted by Gasteiger charge is -2.62. The van der Waals surface area contributed by atoms with Crippen molar-refractivity contribution >= 4 is 59.9 Å². The topological polar surface area (TPSA) is 202 Å². The highest BCUT2D eigenvalue weighted by Crippen LogP contribution is 2.72. The number of fused-ring (bicyclic) bond motifs is 10. The molecule has 0 saturated heterocycles. The molecular weight excluding hydrogens is 877 g/mol. The maximum atomic E-state index is 17.5. The van der Waals surface area contributed by atoms with Crippen LogP contribution in [-0.2, 0) is 38.2 Å². The van der Waals surface area contributed by atoms with Gasteiger partial charge in [-0.3, -0.25) is 28.8 Å². The van der Waals surface area contributed by atoms with Crippen molar-refractivity contribution in [2.45, 2.75) is 140 Å². The number of carbonyl (C=O) groups excluding carboxylic acids is 6. The molecule has 6 fully saturated rings. The van der Waals surface area contributed by atoms with Gasteiger partial charge >= 0.3 is 11.9 Å². The number of allylic oxidation sites excluding steroid dienone is 8. The first-order valence-corrected chi connectivity index (χ1v) is 22.3. The summed E-state index contributed by atoms with van der Waals surface area (Å²) in [5, 5.41) is 47.6. The normalized spacial score (nSPS) is 47.1. The molecule has 354 valence electrons. The molecule has 0 bridgehead atoms. The molecule has 8 aliphatic carbocycles. The van der Waals surface area contributed by atoms with E-state index in [4.69, 9.17) is 9.47 Å². The van der Waals surface area contributed by atoms with Gasteiger partial charge in [-0.2, -0.15) is 0 Å². The molecule has 0 radical (unpaired) electrons. The number of hydrogen-bond acceptors (Lipinski definition) is 12. The molecule has 0 unspecified atom stereocenters. The van der Waals surface area contributed by atoms with E-state index in [0.29, 0.717) is 36.8 Å². The Balaban J connectivity index is 0.00000340. The van der Waals surface area contributed by atoms with E-state index in [0.717, 1.165) is 0 Å². The summed E-state index contributed by atoms with van der Waals surface area (Å²) in [6, 6.07) is 0. The number of Topliss-reactive ketones (excluding diaryl/α,β-unsaturated/α-hetero) is 2. The number of ketones is 4. The van der Waals surface area contributed by atoms with E-state index in [9.17, 15) is 49.2 Å². The summed E-state index contributed by atoms with van der Waals surface area (Å²) >= 11 is 0. The van der Waals surface area contributed by atoms with Gasteiger partial charge in [-0.15, -0.1) is 24.8 Å². The van der Waals surface area contributed by atoms with Crippen LogP contribution in [0.5, 0.6) is 0 Å². The van der Waals surface area contributed by atoms with Crippen molar-refractivity contribution < 1.29 is 67.4 Å². The predicted molar refractivity (Wildman–Crippen MR) is 231 cm³/mol. The molecule has 0 aromatic rings. The number of esters is 2. The summed E-state index contributed by atoms with van der Waals surface area (Å²) in [5.74, 6) is -7.87. The van der Waals surface area contributed by atoms with E-state index < -0.39 is 141 Å². The minimum atomic E-state index is -2.15. The van der Waals surface area contributed by atoms with E-state index in [1.54, 1.807) is 41.5 Å². The molecule has 8 rings (SSSR count). The van der Waals surface area contributed by atoms with E-state index >= 15 is 8.78 Å². The summed E-state index contributed by atoms with van der Waals surface area (Å²) < 4.78 is 45.5. The van der Waals surface area contributed by atoms with Crippen LogP contribution < -0.4 is 0 Å². The van der Waals surface area contributed by atoms with Crippen LogP contribution in [-0.4, -0.2) is 103 Å². The second-order valence-corrected chi connectivity index (χ2v) is 21.0. The summed E-state index contributed by atoms with van der Waals surface area (Å²) in [7, 11) is 0. The average molecular weight is 940 g/mol. The highest BCUT2D eigenvalue weighted by molar-refractivity contribution is 6.02. The van der Waals surface area contributed by atoms with E-state index in [1.165, 1.54) is 36.5 Å². The van der Waals surface area contributed by atoms with Crippen LogP contribution in [0.2, 0.25) is 0 Å². The zero-order chi connectivity index (χ0) is 45.4. The lowest BCUT2D eigenvalue weighted by Crippen LogP contribution is -2.69. The van der Waals surface area contributed by atoms with Gasteiger partial charge in [-0.25, -0.2) is 8.78 Å². The average Bonchev–Trinajstić information content (AvgIpc) is 3.54. The summed E-state index contributed by atoms with van der Waals surface area (Å²) in [6.07, 6.45) is 5.88. The van der Waals surface area contributed by atoms with Crippen LogP contribution >= 0.6 is 24.8 Å². The molecule has 16 heteroatoms. The third kappa shape index (κ3) is 6.37. The third-order valence-corrected chi connectivity index (χ3v) is 18.6. The van der Waals surface area contributed by atoms with Gasteiger partial charge in [-0.05, 0) is 113 Å². The minimum absolute atomic E-state index is 0. The maximum Gasteiger partial charge on any atom is 0.306 e. The molecule has 4 N–H and O–H groups in total. The standard InChI is InChI=1S/C48H60F2O12.2ClH/c1-25-17-33-31-9-7-27-19-29(51)13-15-41(27,3)45(31,49)35(53)21-43(33,5)47(25,59)37(55)23-61-39(57)11-12-40(58)62-24-38(56)48(60)26(2)18-34-32-10-8-28-20-30(52)14-16-42(28,4)46(32,50)36(54)22-44(34,48)6;;/h13-16,19-20,25-26,31-36,53-54,59-60H,7-12,17-18,21-24H2,1-6H3;2*1H/t25-,26-,31+,32+,33+,34+,35+,36+,41+,42+,43+,44+,45+,46+,47+,48+;;/m1../s1. The summed E-state index contributed by atoms with van der Waals surface area (Å²) in [6.45, 7) is 8.38. The highest BCUT2D eigenvalue weighted by Gasteiger charge is 2.77. The second kappa shape index (κ2) is 16.3. The largest absolute Gasteiger partial charge is 0.458 e. The van der Waals surface area contributed by atoms with Crippen LogP contribution in [0.1, 0.15) is 106 Å². The quantitative estimate of drug-likeness (QED) is 0.211. The van der Waals surface area contributed by atoms with Gasteiger partial charge in [0.2, 0.25) is 11.6 Å². The highest BCUT2D eigenvalue weighted by atomic mass is 35.5. The van der Waals surface area contributed by atoms with Crippen LogP contribution in [0, 0.1) is 57.2 Å². The van der Waals surface area contributed by atoms with Crippen molar-refractivity contribution in [1.82, 2.24) is 0 Å². The first-order chi connectivity index (χ1) is 28.8. The molecule has 0 spiro atoms. The van der Waals surface area contributed by atoms with E-state index in [2.05, 4.69) is 0 Å². The fraction of sp³-hybridized carbons (Fsp3) is 0.708. The first kappa shape index (κ1) is 50.3. The fourth-order valence-electron chi connectivity index (χ4n) is 15.1. The van der Waals surface area contributed by atoms with Crippen molar-refractivity contribution in [2.24, 2.45) is 57.2 Å². The Morgan fingerprint density at radius 3 is 1.33 bits per heavy atom. The SMILES string of the molecule is C[C@@H]1C[C@H]2[C@@H]3CCC4=CC(=O)C=C[C@]4(C)[C@@]3(F)[C@@H](O)C[C@]2(C)[C@@]1(O)C(=O)COC(=O)CCC(=O)OCC(=O)[C@@]1(O)[C@H](C)C[C@H]2[C@@H]3CCC4=CC(=O)C=C[C@]4(C)[C@@]3(F)[C@@H](O)C[C@@]21C.Cl.Cl. The lowest BCUT2D eigenvalue weighted by molar-refractivity contribution is -0.220. The Bertz CT molecular complexity index is 2010. The van der Waals surface area contributed by atoms with Gasteiger partial charge in [0.25, 0.3) is 0 Å². The van der Waals surface area contributed by atoms with Gasteiger partial charge in [0.15, 0.2) is 36.1 Å². The van der Waals surface area contributed by atoms with Gasteiger partial charge in [0, 0.05) is 33.5 Å². The Hall–Kier alpha value is -3.14. The predicted octanol–water partition coefficient (Wildman–Crippen LogP) is 5.53. The van der Waals surface area contributed by atoms with Crippen LogP contribution in [0.15, 0.2) is 47.6 Å². The Morgan fingerprint density at radius 1 is 0.641 bits per heavy atom. The second-order valence-electron chi connectivity index (χ2n) is 21.0. The number of ether oxygens (including phenoxy) is 2. The Labute approximate surface area is 384 Å². The van der Waals surface area contributed by atoms with E-state index in [1.807, 2.05) is 0 Å². The Kier molecular flexibility index (Phi) is 12.8. The molecule has 6 saturated carbocycles. The molecule has 0 heterocycles. The van der Waals surface area contributed by atoms with Crippen LogP contribution in [0.4, 0.5) is 8.78 Å². The number of aliphatic hydroxyl groups excluding tert-OH is 2. The van der Waals surface area contributed by atoms with Gasteiger partial charge < -0.3 is 29.9 Å². The molecule has 0 aromatic carbocycles. The van der Waals surface area contributed by atoms with Gasteiger partial charge in [-0.1, -0.05) is 51.0 Å². The van der Waals surface area contributed by atoms with Crippen LogP contribution in [0.3, 0.4) is 0 Å². The van der Waals surface area contributed by atoms with Crippen molar-refractivity contribution in [2.75, 3.05) is 13.2 Å². The molecule has 12 nitrogen and oxygen atoms in total. The third-order valence-electron chi connectivity index (χ3n) is 18.6. The molecule has 0 aliphatic heterocycles. The molecular formula is C48H62Cl2F2O12.